The van der Waals surface area contributed by atoms with E-state index in [-0.39, 0.29) is 0 Å². The van der Waals surface area contributed by atoms with Crippen LogP contribution in [0.25, 0.3) is 11.0 Å². The molecular formula is C16H22N6O2S2. The average Bonchev–Trinajstić information content (AvgIpc) is 2.67. The van der Waals surface area contributed by atoms with Gasteiger partial charge in [0.15, 0.2) is 5.82 Å². The van der Waals surface area contributed by atoms with Gasteiger partial charge in [-0.05, 0) is 12.1 Å². The Bertz CT molecular complexity index is 893. The molecule has 2 aromatic heterocycles. The molecule has 4 rings (SSSR count). The molecule has 2 saturated heterocycles. The summed E-state index contributed by atoms with van der Waals surface area (Å²) in [6, 6.07) is 3.85. The van der Waals surface area contributed by atoms with Gasteiger partial charge in [-0.1, -0.05) is 0 Å². The van der Waals surface area contributed by atoms with E-state index in [1.54, 1.807) is 6.20 Å². The monoisotopic (exact) mass is 394 g/mol. The fourth-order valence-corrected chi connectivity index (χ4v) is 5.03. The van der Waals surface area contributed by atoms with Crippen molar-refractivity contribution in [3.8, 4) is 0 Å². The summed E-state index contributed by atoms with van der Waals surface area (Å²) in [6.07, 6.45) is 3.03. The van der Waals surface area contributed by atoms with Crippen LogP contribution in [0.15, 0.2) is 18.3 Å². The molecule has 26 heavy (non-hydrogen) atoms. The molecule has 10 heteroatoms. The van der Waals surface area contributed by atoms with E-state index in [1.807, 2.05) is 23.9 Å². The molecule has 0 amide bonds. The van der Waals surface area contributed by atoms with Crippen LogP contribution in [0.5, 0.6) is 0 Å². The van der Waals surface area contributed by atoms with Crippen LogP contribution >= 0.6 is 11.8 Å². The highest BCUT2D eigenvalue weighted by molar-refractivity contribution is 7.99. The Kier molecular flexibility index (Phi) is 4.89. The van der Waals surface area contributed by atoms with Crippen molar-refractivity contribution < 1.29 is 8.42 Å². The zero-order chi connectivity index (χ0) is 18.1. The molecule has 0 radical (unpaired) electrons. The third-order valence-electron chi connectivity index (χ3n) is 4.73. The largest absolute Gasteiger partial charge is 0.353 e. The fourth-order valence-electron chi connectivity index (χ4n) is 3.30. The van der Waals surface area contributed by atoms with Crippen LogP contribution in [0.2, 0.25) is 0 Å². The molecule has 2 aliphatic heterocycles. The third kappa shape index (κ3) is 3.58. The van der Waals surface area contributed by atoms with Gasteiger partial charge in [-0.2, -0.15) is 21.1 Å². The lowest BCUT2D eigenvalue weighted by molar-refractivity contribution is 0.386. The smallest absolute Gasteiger partial charge is 0.228 e. The van der Waals surface area contributed by atoms with Crippen LogP contribution in [0.4, 0.5) is 11.8 Å². The Balaban J connectivity index is 1.66. The van der Waals surface area contributed by atoms with E-state index in [0.29, 0.717) is 32.1 Å². The number of anilines is 2. The van der Waals surface area contributed by atoms with E-state index in [4.69, 9.17) is 9.97 Å². The lowest BCUT2D eigenvalue weighted by Gasteiger charge is -2.34. The number of fused-ring (bicyclic) bond motifs is 1. The predicted molar refractivity (Wildman–Crippen MR) is 106 cm³/mol. The molecule has 0 bridgehead atoms. The minimum atomic E-state index is -3.15. The summed E-state index contributed by atoms with van der Waals surface area (Å²) in [6.45, 7) is 4.01. The van der Waals surface area contributed by atoms with Crippen LogP contribution in [-0.4, -0.2) is 84.7 Å². The topological polar surface area (TPSA) is 82.5 Å². The Hall–Kier alpha value is -1.65. The number of piperazine rings is 1. The van der Waals surface area contributed by atoms with Gasteiger partial charge >= 0.3 is 0 Å². The lowest BCUT2D eigenvalue weighted by Crippen LogP contribution is -2.49. The molecule has 8 nitrogen and oxygen atoms in total. The summed E-state index contributed by atoms with van der Waals surface area (Å²) in [7, 11) is -3.15. The van der Waals surface area contributed by atoms with Crippen LogP contribution in [0.1, 0.15) is 0 Å². The molecule has 0 saturated carbocycles. The van der Waals surface area contributed by atoms with Crippen molar-refractivity contribution in [1.29, 1.82) is 0 Å². The minimum absolute atomic E-state index is 0.461. The highest BCUT2D eigenvalue weighted by Gasteiger charge is 2.26. The van der Waals surface area contributed by atoms with Crippen molar-refractivity contribution in [2.75, 3.05) is 66.8 Å². The number of sulfonamides is 1. The number of aromatic nitrogens is 3. The zero-order valence-corrected chi connectivity index (χ0v) is 16.3. The first-order valence-electron chi connectivity index (χ1n) is 8.68. The average molecular weight is 395 g/mol. The van der Waals surface area contributed by atoms with E-state index in [0.717, 1.165) is 41.4 Å². The number of thioether (sulfide) groups is 1. The Morgan fingerprint density at radius 1 is 1.00 bits per heavy atom. The predicted octanol–water partition coefficient (Wildman–Crippen LogP) is 0.660. The van der Waals surface area contributed by atoms with Gasteiger partial charge in [0.2, 0.25) is 16.0 Å². The van der Waals surface area contributed by atoms with E-state index >= 15 is 0 Å². The van der Waals surface area contributed by atoms with Gasteiger partial charge in [-0.25, -0.2) is 13.4 Å². The van der Waals surface area contributed by atoms with Gasteiger partial charge in [0.1, 0.15) is 5.52 Å². The molecule has 0 atom stereocenters. The lowest BCUT2D eigenvalue weighted by atomic mass is 10.3. The van der Waals surface area contributed by atoms with Gasteiger partial charge in [-0.3, -0.25) is 4.98 Å². The summed E-state index contributed by atoms with van der Waals surface area (Å²) in [5.41, 5.74) is 1.66. The van der Waals surface area contributed by atoms with Crippen molar-refractivity contribution in [3.63, 3.8) is 0 Å². The van der Waals surface area contributed by atoms with Gasteiger partial charge in [0, 0.05) is 57.0 Å². The van der Waals surface area contributed by atoms with Gasteiger partial charge in [-0.15, -0.1) is 0 Å². The molecule has 0 aromatic carbocycles. The Morgan fingerprint density at radius 3 is 2.42 bits per heavy atom. The number of pyridine rings is 1. The van der Waals surface area contributed by atoms with Crippen LogP contribution in [-0.2, 0) is 10.0 Å². The highest BCUT2D eigenvalue weighted by Crippen LogP contribution is 2.27. The van der Waals surface area contributed by atoms with Crippen molar-refractivity contribution in [1.82, 2.24) is 19.3 Å². The van der Waals surface area contributed by atoms with E-state index in [9.17, 15) is 8.42 Å². The Morgan fingerprint density at radius 2 is 1.73 bits per heavy atom. The second kappa shape index (κ2) is 7.16. The molecule has 0 unspecified atom stereocenters. The number of nitrogens with zero attached hydrogens (tertiary/aromatic N) is 6. The summed E-state index contributed by atoms with van der Waals surface area (Å²) in [4.78, 5) is 18.4. The van der Waals surface area contributed by atoms with Gasteiger partial charge in [0.25, 0.3) is 0 Å². The van der Waals surface area contributed by atoms with Gasteiger partial charge < -0.3 is 9.80 Å². The normalized spacial score (nSPS) is 19.9. The fraction of sp³-hybridized carbons (Fsp3) is 0.562. The van der Waals surface area contributed by atoms with Crippen molar-refractivity contribution in [2.45, 2.75) is 0 Å². The Labute approximate surface area is 157 Å². The van der Waals surface area contributed by atoms with Crippen molar-refractivity contribution >= 4 is 44.6 Å². The maximum absolute atomic E-state index is 11.7. The number of rotatable bonds is 3. The molecule has 2 aliphatic rings. The summed E-state index contributed by atoms with van der Waals surface area (Å²) >= 11 is 1.96. The first-order chi connectivity index (χ1) is 12.5. The minimum Gasteiger partial charge on any atom is -0.353 e. The molecule has 0 aliphatic carbocycles. The maximum atomic E-state index is 11.7. The molecule has 0 spiro atoms. The summed E-state index contributed by atoms with van der Waals surface area (Å²) in [5.74, 6) is 3.71. The summed E-state index contributed by atoms with van der Waals surface area (Å²) in [5, 5.41) is 0. The van der Waals surface area contributed by atoms with Gasteiger partial charge in [0.05, 0.1) is 11.8 Å². The van der Waals surface area contributed by atoms with E-state index in [2.05, 4.69) is 14.8 Å². The van der Waals surface area contributed by atoms with E-state index < -0.39 is 10.0 Å². The van der Waals surface area contributed by atoms with Crippen molar-refractivity contribution in [2.24, 2.45) is 0 Å². The first kappa shape index (κ1) is 17.7. The molecule has 2 fully saturated rings. The second-order valence-corrected chi connectivity index (χ2v) is 9.67. The molecule has 140 valence electrons. The maximum Gasteiger partial charge on any atom is 0.228 e. The summed E-state index contributed by atoms with van der Waals surface area (Å²) < 4.78 is 25.0. The number of hydrogen-bond acceptors (Lipinski definition) is 8. The molecular weight excluding hydrogens is 372 g/mol. The SMILES string of the molecule is CS(=O)(=O)N1CCN(c2nc(N3CCSCC3)c3ncccc3n2)CC1. The first-order valence-corrected chi connectivity index (χ1v) is 11.7. The third-order valence-corrected chi connectivity index (χ3v) is 6.97. The molecule has 0 N–H and O–H groups in total. The standard InChI is InChI=1S/C16H22N6O2S2/c1-26(23,24)22-7-5-21(6-8-22)16-18-13-3-2-4-17-14(13)15(19-16)20-9-11-25-12-10-20/h2-4H,5-12H2,1H3. The quantitative estimate of drug-likeness (QED) is 0.751. The highest BCUT2D eigenvalue weighted by atomic mass is 32.2. The molecule has 2 aromatic rings. The number of hydrogen-bond donors (Lipinski definition) is 0. The van der Waals surface area contributed by atoms with Crippen LogP contribution in [0, 0.1) is 0 Å². The van der Waals surface area contributed by atoms with E-state index in [1.165, 1.54) is 10.6 Å². The zero-order valence-electron chi connectivity index (χ0n) is 14.7. The molecule has 4 heterocycles. The second-order valence-electron chi connectivity index (χ2n) is 6.47. The van der Waals surface area contributed by atoms with Crippen LogP contribution in [0.3, 0.4) is 0 Å². The van der Waals surface area contributed by atoms with Crippen molar-refractivity contribution in [3.05, 3.63) is 18.3 Å². The van der Waals surface area contributed by atoms with Crippen LogP contribution < -0.4 is 9.80 Å².